The van der Waals surface area contributed by atoms with Crippen LogP contribution >= 0.6 is 11.6 Å². The van der Waals surface area contributed by atoms with Crippen molar-refractivity contribution in [1.29, 1.82) is 0 Å². The first-order valence-electron chi connectivity index (χ1n) is 7.44. The van der Waals surface area contributed by atoms with Crippen molar-refractivity contribution in [3.05, 3.63) is 47.6 Å². The van der Waals surface area contributed by atoms with Crippen LogP contribution in [0.25, 0.3) is 17.0 Å². The molecule has 0 aromatic carbocycles. The maximum Gasteiger partial charge on any atom is 0.137 e. The number of nitrogens with zero attached hydrogens (tertiary/aromatic N) is 4. The van der Waals surface area contributed by atoms with Crippen LogP contribution in [-0.4, -0.2) is 32.4 Å². The van der Waals surface area contributed by atoms with E-state index in [0.717, 1.165) is 42.2 Å². The lowest BCUT2D eigenvalue weighted by atomic mass is 10.0. The van der Waals surface area contributed by atoms with Crippen molar-refractivity contribution in [1.82, 2.24) is 24.7 Å². The summed E-state index contributed by atoms with van der Waals surface area (Å²) in [5.41, 5.74) is 3.63. The van der Waals surface area contributed by atoms with Crippen LogP contribution in [0.4, 0.5) is 0 Å². The highest BCUT2D eigenvalue weighted by Crippen LogP contribution is 2.21. The van der Waals surface area contributed by atoms with Gasteiger partial charge in [0.1, 0.15) is 11.3 Å². The largest absolute Gasteiger partial charge is 0.316 e. The Bertz CT molecular complexity index is 807. The Morgan fingerprint density at radius 2 is 2.23 bits per heavy atom. The molecule has 0 radical (unpaired) electrons. The van der Waals surface area contributed by atoms with E-state index in [1.807, 2.05) is 35.1 Å². The average molecular weight is 314 g/mol. The second-order valence-electron chi connectivity index (χ2n) is 5.68. The number of hydrogen-bond donors (Lipinski definition) is 1. The van der Waals surface area contributed by atoms with Crippen LogP contribution in [0.2, 0.25) is 5.02 Å². The Labute approximate surface area is 133 Å². The Morgan fingerprint density at radius 3 is 3.09 bits per heavy atom. The molecule has 6 heteroatoms. The van der Waals surface area contributed by atoms with E-state index in [1.54, 1.807) is 6.20 Å². The molecular weight excluding hydrogens is 298 g/mol. The number of halogens is 1. The van der Waals surface area contributed by atoms with Gasteiger partial charge in [-0.1, -0.05) is 11.6 Å². The first kappa shape index (κ1) is 13.7. The molecule has 3 aromatic rings. The minimum atomic E-state index is 0.654. The van der Waals surface area contributed by atoms with Crippen LogP contribution in [0.15, 0.2) is 36.9 Å². The van der Waals surface area contributed by atoms with Crippen LogP contribution in [0, 0.1) is 5.92 Å². The van der Waals surface area contributed by atoms with E-state index in [9.17, 15) is 0 Å². The third kappa shape index (κ3) is 2.58. The lowest BCUT2D eigenvalue weighted by molar-refractivity contribution is 0.570. The molecule has 22 heavy (non-hydrogen) atoms. The predicted molar refractivity (Wildman–Crippen MR) is 85.9 cm³/mol. The zero-order valence-corrected chi connectivity index (χ0v) is 12.8. The van der Waals surface area contributed by atoms with Gasteiger partial charge in [-0.2, -0.15) is 0 Å². The van der Waals surface area contributed by atoms with Crippen molar-refractivity contribution < 1.29 is 0 Å². The maximum atomic E-state index is 6.09. The second kappa shape index (κ2) is 5.66. The highest BCUT2D eigenvalue weighted by atomic mass is 35.5. The molecule has 0 spiro atoms. The lowest BCUT2D eigenvalue weighted by Gasteiger charge is -2.08. The summed E-state index contributed by atoms with van der Waals surface area (Å²) in [4.78, 5) is 13.5. The van der Waals surface area contributed by atoms with Gasteiger partial charge in [-0.3, -0.25) is 9.38 Å². The first-order chi connectivity index (χ1) is 10.8. The van der Waals surface area contributed by atoms with Gasteiger partial charge in [0.25, 0.3) is 0 Å². The number of imidazole rings is 1. The Kier molecular flexibility index (Phi) is 3.52. The molecule has 1 aliphatic heterocycles. The van der Waals surface area contributed by atoms with Gasteiger partial charge in [-0.15, -0.1) is 0 Å². The summed E-state index contributed by atoms with van der Waals surface area (Å²) < 4.78 is 1.95. The fourth-order valence-electron chi connectivity index (χ4n) is 2.96. The molecule has 0 aliphatic carbocycles. The molecule has 1 fully saturated rings. The number of hydrogen-bond acceptors (Lipinski definition) is 4. The van der Waals surface area contributed by atoms with Crippen molar-refractivity contribution in [3.8, 4) is 11.4 Å². The first-order valence-corrected chi connectivity index (χ1v) is 7.82. The fourth-order valence-corrected chi connectivity index (χ4v) is 3.12. The third-order valence-corrected chi connectivity index (χ3v) is 4.30. The monoisotopic (exact) mass is 313 g/mol. The quantitative estimate of drug-likeness (QED) is 0.807. The molecule has 0 amide bonds. The van der Waals surface area contributed by atoms with Crippen molar-refractivity contribution in [2.45, 2.75) is 12.8 Å². The van der Waals surface area contributed by atoms with Gasteiger partial charge < -0.3 is 5.32 Å². The van der Waals surface area contributed by atoms with E-state index in [0.29, 0.717) is 10.9 Å². The minimum absolute atomic E-state index is 0.654. The lowest BCUT2D eigenvalue weighted by Crippen LogP contribution is -2.11. The van der Waals surface area contributed by atoms with Crippen LogP contribution in [0.3, 0.4) is 0 Å². The van der Waals surface area contributed by atoms with Crippen LogP contribution in [-0.2, 0) is 6.42 Å². The number of aromatic nitrogens is 4. The fraction of sp³-hybridized carbons (Fsp3) is 0.312. The zero-order chi connectivity index (χ0) is 14.9. The topological polar surface area (TPSA) is 55.1 Å². The SMILES string of the molecule is Clc1ccc2ncc(-c3cncc(CC4CCNC4)n3)n2c1. The molecule has 4 rings (SSSR count). The summed E-state index contributed by atoms with van der Waals surface area (Å²) in [5.74, 6) is 0.654. The van der Waals surface area contributed by atoms with Gasteiger partial charge in [0.2, 0.25) is 0 Å². The summed E-state index contributed by atoms with van der Waals surface area (Å²) >= 11 is 6.09. The van der Waals surface area contributed by atoms with Crippen LogP contribution in [0.5, 0.6) is 0 Å². The third-order valence-electron chi connectivity index (χ3n) is 4.08. The molecule has 3 aromatic heterocycles. The average Bonchev–Trinajstić information content (AvgIpc) is 3.16. The molecule has 0 saturated carbocycles. The summed E-state index contributed by atoms with van der Waals surface area (Å²) in [6.07, 6.45) is 9.48. The molecule has 4 heterocycles. The van der Waals surface area contributed by atoms with E-state index in [-0.39, 0.29) is 0 Å². The van der Waals surface area contributed by atoms with E-state index in [2.05, 4.69) is 15.3 Å². The normalized spacial score (nSPS) is 18.1. The van der Waals surface area contributed by atoms with E-state index < -0.39 is 0 Å². The Morgan fingerprint density at radius 1 is 1.27 bits per heavy atom. The van der Waals surface area contributed by atoms with Crippen LogP contribution < -0.4 is 5.32 Å². The number of pyridine rings is 1. The van der Waals surface area contributed by atoms with Gasteiger partial charge in [0.15, 0.2) is 0 Å². The molecular formula is C16H16ClN5. The molecule has 1 N–H and O–H groups in total. The Balaban J connectivity index is 1.70. The van der Waals surface area contributed by atoms with Gasteiger partial charge in [-0.25, -0.2) is 9.97 Å². The predicted octanol–water partition coefficient (Wildman–Crippen LogP) is 2.60. The molecule has 1 atom stereocenters. The molecule has 112 valence electrons. The van der Waals surface area contributed by atoms with Crippen molar-refractivity contribution in [2.75, 3.05) is 13.1 Å². The maximum absolute atomic E-state index is 6.09. The molecule has 1 unspecified atom stereocenters. The standard InChI is InChI=1S/C16H16ClN5/c17-12-1-2-16-20-9-15(22(16)10-12)14-8-19-7-13(21-14)5-11-3-4-18-6-11/h1-2,7-11,18H,3-6H2. The minimum Gasteiger partial charge on any atom is -0.316 e. The van der Waals surface area contributed by atoms with Gasteiger partial charge in [-0.05, 0) is 44.0 Å². The molecule has 1 saturated heterocycles. The van der Waals surface area contributed by atoms with E-state index in [1.165, 1.54) is 6.42 Å². The van der Waals surface area contributed by atoms with Crippen molar-refractivity contribution in [2.24, 2.45) is 5.92 Å². The molecule has 0 bridgehead atoms. The highest BCUT2D eigenvalue weighted by molar-refractivity contribution is 6.30. The second-order valence-corrected chi connectivity index (χ2v) is 6.11. The van der Waals surface area contributed by atoms with Gasteiger partial charge in [0, 0.05) is 12.4 Å². The summed E-state index contributed by atoms with van der Waals surface area (Å²) in [5, 5.41) is 4.06. The van der Waals surface area contributed by atoms with E-state index >= 15 is 0 Å². The number of nitrogens with one attached hydrogen (secondary N) is 1. The Hall–Kier alpha value is -1.98. The highest BCUT2D eigenvalue weighted by Gasteiger charge is 2.16. The smallest absolute Gasteiger partial charge is 0.137 e. The van der Waals surface area contributed by atoms with Gasteiger partial charge in [0.05, 0.1) is 28.8 Å². The van der Waals surface area contributed by atoms with Crippen molar-refractivity contribution >= 4 is 17.2 Å². The molecule has 1 aliphatic rings. The van der Waals surface area contributed by atoms with Crippen molar-refractivity contribution in [3.63, 3.8) is 0 Å². The van der Waals surface area contributed by atoms with Crippen LogP contribution in [0.1, 0.15) is 12.1 Å². The summed E-state index contributed by atoms with van der Waals surface area (Å²) in [7, 11) is 0. The number of rotatable bonds is 3. The zero-order valence-electron chi connectivity index (χ0n) is 12.0. The number of fused-ring (bicyclic) bond motifs is 1. The van der Waals surface area contributed by atoms with E-state index in [4.69, 9.17) is 16.6 Å². The molecule has 5 nitrogen and oxygen atoms in total. The summed E-state index contributed by atoms with van der Waals surface area (Å²) in [6.45, 7) is 2.17. The van der Waals surface area contributed by atoms with Gasteiger partial charge >= 0.3 is 0 Å². The summed E-state index contributed by atoms with van der Waals surface area (Å²) in [6, 6.07) is 3.73.